The molecule has 4 nitrogen and oxygen atoms in total. The molecule has 0 saturated carbocycles. The minimum atomic E-state index is -0.330. The summed E-state index contributed by atoms with van der Waals surface area (Å²) in [5.41, 5.74) is 6.71. The minimum absolute atomic E-state index is 0.183. The molecule has 0 aliphatic heterocycles. The number of ether oxygens (including phenoxy) is 2. The third-order valence-corrected chi connectivity index (χ3v) is 2.16. The maximum Gasteiger partial charge on any atom is 0.307 e. The number of carbonyl (C=O) groups excluding carboxylic acids is 1. The van der Waals surface area contributed by atoms with Crippen LogP contribution in [-0.4, -0.2) is 20.2 Å². The molecule has 0 radical (unpaired) electrons. The van der Waals surface area contributed by atoms with Gasteiger partial charge < -0.3 is 15.2 Å². The van der Waals surface area contributed by atoms with E-state index in [0.717, 1.165) is 11.3 Å². The Morgan fingerprint density at radius 2 is 1.93 bits per heavy atom. The number of carbonyl (C=O) groups is 1. The molecule has 0 bridgehead atoms. The fourth-order valence-electron chi connectivity index (χ4n) is 1.23. The van der Waals surface area contributed by atoms with Crippen molar-refractivity contribution in [1.82, 2.24) is 0 Å². The van der Waals surface area contributed by atoms with E-state index < -0.39 is 0 Å². The second kappa shape index (κ2) is 5.36. The highest BCUT2D eigenvalue weighted by molar-refractivity contribution is 5.70. The Kier molecular flexibility index (Phi) is 4.12. The first-order chi connectivity index (χ1) is 7.17. The van der Waals surface area contributed by atoms with Crippen LogP contribution in [0.2, 0.25) is 0 Å². The Morgan fingerprint density at radius 1 is 1.33 bits per heavy atom. The average molecular weight is 209 g/mol. The topological polar surface area (TPSA) is 61.5 Å². The van der Waals surface area contributed by atoms with Gasteiger partial charge in [0.15, 0.2) is 0 Å². The number of methoxy groups -OCH3 is 2. The van der Waals surface area contributed by atoms with Crippen LogP contribution in [0.1, 0.15) is 18.0 Å². The molecule has 0 fully saturated rings. The highest BCUT2D eigenvalue weighted by Crippen LogP contribution is 2.18. The van der Waals surface area contributed by atoms with Crippen molar-refractivity contribution >= 4 is 5.97 Å². The number of hydrogen-bond donors (Lipinski definition) is 1. The van der Waals surface area contributed by atoms with E-state index in [2.05, 4.69) is 4.74 Å². The molecular formula is C11H15NO3. The summed E-state index contributed by atoms with van der Waals surface area (Å²) in [7, 11) is 2.95. The van der Waals surface area contributed by atoms with E-state index >= 15 is 0 Å². The summed E-state index contributed by atoms with van der Waals surface area (Å²) in [5, 5.41) is 0. The number of rotatable bonds is 4. The van der Waals surface area contributed by atoms with Gasteiger partial charge in [0.2, 0.25) is 0 Å². The Balaban J connectivity index is 2.65. The highest BCUT2D eigenvalue weighted by Gasteiger charge is 2.11. The Bertz CT molecular complexity index is 321. The van der Waals surface area contributed by atoms with Crippen LogP contribution in [0.5, 0.6) is 5.75 Å². The first-order valence-electron chi connectivity index (χ1n) is 4.63. The van der Waals surface area contributed by atoms with Gasteiger partial charge in [-0.3, -0.25) is 4.79 Å². The summed E-state index contributed by atoms with van der Waals surface area (Å²) in [6, 6.07) is 6.97. The lowest BCUT2D eigenvalue weighted by Gasteiger charge is -2.10. The summed E-state index contributed by atoms with van der Waals surface area (Å²) in [5.74, 6) is 0.460. The van der Waals surface area contributed by atoms with Gasteiger partial charge in [-0.25, -0.2) is 0 Å². The third-order valence-electron chi connectivity index (χ3n) is 2.16. The van der Waals surface area contributed by atoms with E-state index in [0.29, 0.717) is 0 Å². The second-order valence-corrected chi connectivity index (χ2v) is 3.16. The molecular weight excluding hydrogens is 194 g/mol. The number of esters is 1. The van der Waals surface area contributed by atoms with Gasteiger partial charge in [0.25, 0.3) is 0 Å². The van der Waals surface area contributed by atoms with Crippen molar-refractivity contribution in [3.8, 4) is 5.75 Å². The highest BCUT2D eigenvalue weighted by atomic mass is 16.5. The van der Waals surface area contributed by atoms with E-state index in [1.807, 2.05) is 24.3 Å². The van der Waals surface area contributed by atoms with Gasteiger partial charge in [0, 0.05) is 6.04 Å². The largest absolute Gasteiger partial charge is 0.497 e. The lowest BCUT2D eigenvalue weighted by atomic mass is 10.0. The Hall–Kier alpha value is -1.55. The number of nitrogens with two attached hydrogens (primary N) is 1. The van der Waals surface area contributed by atoms with Crippen molar-refractivity contribution in [3.05, 3.63) is 29.8 Å². The van der Waals surface area contributed by atoms with Crippen LogP contribution in [0.3, 0.4) is 0 Å². The molecule has 1 unspecified atom stereocenters. The van der Waals surface area contributed by atoms with Crippen LogP contribution >= 0.6 is 0 Å². The molecule has 1 rings (SSSR count). The van der Waals surface area contributed by atoms with Gasteiger partial charge in [0.05, 0.1) is 20.6 Å². The summed E-state index contributed by atoms with van der Waals surface area (Å²) >= 11 is 0. The lowest BCUT2D eigenvalue weighted by Crippen LogP contribution is -2.16. The summed E-state index contributed by atoms with van der Waals surface area (Å²) in [6.07, 6.45) is 0.183. The maximum atomic E-state index is 11.0. The molecule has 15 heavy (non-hydrogen) atoms. The first-order valence-corrected chi connectivity index (χ1v) is 4.63. The van der Waals surface area contributed by atoms with Crippen molar-refractivity contribution in [1.29, 1.82) is 0 Å². The van der Waals surface area contributed by atoms with Gasteiger partial charge >= 0.3 is 5.97 Å². The fraction of sp³-hybridized carbons (Fsp3) is 0.364. The molecule has 1 aromatic carbocycles. The summed E-state index contributed by atoms with van der Waals surface area (Å²) in [4.78, 5) is 11.0. The molecule has 0 amide bonds. The minimum Gasteiger partial charge on any atom is -0.497 e. The molecule has 0 heterocycles. The van der Waals surface area contributed by atoms with Gasteiger partial charge in [-0.05, 0) is 17.7 Å². The summed E-state index contributed by atoms with van der Waals surface area (Å²) in [6.45, 7) is 0. The molecule has 2 N–H and O–H groups in total. The van der Waals surface area contributed by atoms with Crippen LogP contribution in [0.25, 0.3) is 0 Å². The zero-order chi connectivity index (χ0) is 11.3. The van der Waals surface area contributed by atoms with Gasteiger partial charge in [-0.1, -0.05) is 12.1 Å². The van der Waals surface area contributed by atoms with E-state index in [-0.39, 0.29) is 18.4 Å². The van der Waals surface area contributed by atoms with Crippen molar-refractivity contribution in [2.45, 2.75) is 12.5 Å². The normalized spacial score (nSPS) is 11.9. The summed E-state index contributed by atoms with van der Waals surface area (Å²) < 4.78 is 9.56. The van der Waals surface area contributed by atoms with Crippen molar-refractivity contribution in [2.75, 3.05) is 14.2 Å². The standard InChI is InChI=1S/C11H15NO3/c1-14-9-5-3-8(4-6-9)10(12)7-11(13)15-2/h3-6,10H,7,12H2,1-2H3. The predicted octanol–water partition coefficient (Wildman–Crippen LogP) is 1.26. The number of benzene rings is 1. The van der Waals surface area contributed by atoms with E-state index in [4.69, 9.17) is 10.5 Å². The zero-order valence-corrected chi connectivity index (χ0v) is 8.90. The maximum absolute atomic E-state index is 11.0. The van der Waals surface area contributed by atoms with E-state index in [1.165, 1.54) is 7.11 Å². The van der Waals surface area contributed by atoms with Gasteiger partial charge in [0.1, 0.15) is 5.75 Å². The van der Waals surface area contributed by atoms with Crippen LogP contribution in [-0.2, 0) is 9.53 Å². The quantitative estimate of drug-likeness (QED) is 0.758. The monoisotopic (exact) mass is 209 g/mol. The molecule has 82 valence electrons. The molecule has 0 saturated heterocycles. The van der Waals surface area contributed by atoms with E-state index in [9.17, 15) is 4.79 Å². The molecule has 1 aromatic rings. The molecule has 0 aliphatic carbocycles. The van der Waals surface area contributed by atoms with Crippen molar-refractivity contribution in [2.24, 2.45) is 5.73 Å². The van der Waals surface area contributed by atoms with Crippen LogP contribution in [0, 0.1) is 0 Å². The smallest absolute Gasteiger partial charge is 0.307 e. The van der Waals surface area contributed by atoms with Crippen LogP contribution < -0.4 is 10.5 Å². The zero-order valence-electron chi connectivity index (χ0n) is 8.90. The fourth-order valence-corrected chi connectivity index (χ4v) is 1.23. The van der Waals surface area contributed by atoms with Crippen LogP contribution in [0.4, 0.5) is 0 Å². The first kappa shape index (κ1) is 11.5. The lowest BCUT2D eigenvalue weighted by molar-refractivity contribution is -0.141. The molecule has 0 spiro atoms. The SMILES string of the molecule is COC(=O)CC(N)c1ccc(OC)cc1. The second-order valence-electron chi connectivity index (χ2n) is 3.16. The van der Waals surface area contributed by atoms with Gasteiger partial charge in [-0.2, -0.15) is 0 Å². The molecule has 0 aliphatic rings. The van der Waals surface area contributed by atoms with Crippen molar-refractivity contribution < 1.29 is 14.3 Å². The Morgan fingerprint density at radius 3 is 2.40 bits per heavy atom. The third kappa shape index (κ3) is 3.25. The van der Waals surface area contributed by atoms with E-state index in [1.54, 1.807) is 7.11 Å². The predicted molar refractivity (Wildman–Crippen MR) is 56.6 cm³/mol. The average Bonchev–Trinajstić information content (AvgIpc) is 2.29. The molecule has 0 aromatic heterocycles. The van der Waals surface area contributed by atoms with Crippen molar-refractivity contribution in [3.63, 3.8) is 0 Å². The molecule has 1 atom stereocenters. The van der Waals surface area contributed by atoms with Crippen LogP contribution in [0.15, 0.2) is 24.3 Å². The Labute approximate surface area is 89.0 Å². The number of hydrogen-bond acceptors (Lipinski definition) is 4. The van der Waals surface area contributed by atoms with Gasteiger partial charge in [-0.15, -0.1) is 0 Å². The molecule has 4 heteroatoms.